The summed E-state index contributed by atoms with van der Waals surface area (Å²) in [5.41, 5.74) is -0.813. The van der Waals surface area contributed by atoms with Gasteiger partial charge in [0.1, 0.15) is 0 Å². The minimum Gasteiger partial charge on any atom is -0.481 e. The zero-order valence-electron chi connectivity index (χ0n) is 13.0. The number of alkyl halides is 3. The summed E-state index contributed by atoms with van der Waals surface area (Å²) in [4.78, 5) is 24.4. The molecule has 0 fully saturated rings. The summed E-state index contributed by atoms with van der Waals surface area (Å²) in [7, 11) is 1.58. The van der Waals surface area contributed by atoms with Crippen LogP contribution < -0.4 is 5.32 Å². The van der Waals surface area contributed by atoms with Crippen LogP contribution >= 0.6 is 0 Å². The molecule has 0 saturated carbocycles. The fraction of sp³-hybridized carbons (Fsp3) is 0.467. The van der Waals surface area contributed by atoms with E-state index >= 15 is 0 Å². The lowest BCUT2D eigenvalue weighted by molar-refractivity contribution is -0.142. The van der Waals surface area contributed by atoms with Crippen LogP contribution in [0.4, 0.5) is 18.9 Å². The second-order valence-electron chi connectivity index (χ2n) is 5.42. The molecule has 0 aliphatic carbocycles. The first-order chi connectivity index (χ1) is 10.5. The molecule has 23 heavy (non-hydrogen) atoms. The number of carbonyl (C=O) groups is 2. The van der Waals surface area contributed by atoms with Gasteiger partial charge >= 0.3 is 12.1 Å². The monoisotopic (exact) mass is 332 g/mol. The zero-order valence-corrected chi connectivity index (χ0v) is 13.0. The van der Waals surface area contributed by atoms with Gasteiger partial charge in [-0.25, -0.2) is 0 Å². The van der Waals surface area contributed by atoms with E-state index < -0.39 is 35.6 Å². The van der Waals surface area contributed by atoms with Gasteiger partial charge in [-0.15, -0.1) is 0 Å². The number of carbonyl (C=O) groups excluding carboxylic acids is 1. The van der Waals surface area contributed by atoms with Gasteiger partial charge in [-0.1, -0.05) is 13.0 Å². The Hall–Kier alpha value is -2.09. The molecule has 0 aliphatic rings. The van der Waals surface area contributed by atoms with E-state index in [0.29, 0.717) is 0 Å². The number of anilines is 1. The number of carboxylic acids is 1. The van der Waals surface area contributed by atoms with E-state index in [0.717, 1.165) is 12.1 Å². The fourth-order valence-corrected chi connectivity index (χ4v) is 1.89. The number of carboxylic acid groups (broad SMARTS) is 1. The van der Waals surface area contributed by atoms with E-state index in [9.17, 15) is 22.8 Å². The van der Waals surface area contributed by atoms with Crippen LogP contribution in [0.3, 0.4) is 0 Å². The lowest BCUT2D eigenvalue weighted by Gasteiger charge is -2.25. The number of nitrogens with zero attached hydrogens (tertiary/aromatic N) is 1. The third-order valence-corrected chi connectivity index (χ3v) is 3.48. The molecule has 0 saturated heterocycles. The highest BCUT2D eigenvalue weighted by molar-refractivity contribution is 5.94. The van der Waals surface area contributed by atoms with Crippen molar-refractivity contribution in [2.45, 2.75) is 26.1 Å². The third kappa shape index (κ3) is 5.55. The predicted molar refractivity (Wildman–Crippen MR) is 79.0 cm³/mol. The highest BCUT2D eigenvalue weighted by atomic mass is 19.4. The molecule has 5 nitrogen and oxygen atoms in total. The Morgan fingerprint density at radius 3 is 2.43 bits per heavy atom. The lowest BCUT2D eigenvalue weighted by atomic mass is 10.1. The molecule has 2 atom stereocenters. The summed E-state index contributed by atoms with van der Waals surface area (Å²) in [6, 6.07) is 3.65. The molecule has 1 amide bonds. The van der Waals surface area contributed by atoms with Crippen molar-refractivity contribution in [3.8, 4) is 0 Å². The third-order valence-electron chi connectivity index (χ3n) is 3.48. The second kappa shape index (κ2) is 7.45. The van der Waals surface area contributed by atoms with Crippen LogP contribution in [0.1, 0.15) is 19.4 Å². The van der Waals surface area contributed by atoms with E-state index in [1.165, 1.54) is 24.0 Å². The number of hydrogen-bond donors (Lipinski definition) is 2. The van der Waals surface area contributed by atoms with Gasteiger partial charge in [0.05, 0.1) is 17.5 Å². The smallest absolute Gasteiger partial charge is 0.416 e. The Kier molecular flexibility index (Phi) is 6.14. The minimum atomic E-state index is -4.49. The Bertz CT molecular complexity index is 575. The number of aliphatic carboxylic acids is 1. The Labute approximate surface area is 132 Å². The standard InChI is InChI=1S/C15H19F3N2O3/c1-9(14(22)23)8-20(3)10(2)13(21)19-12-6-4-5-11(7-12)15(16,17)18/h4-7,9-10H,8H2,1-3H3,(H,19,21)(H,22,23). The van der Waals surface area contributed by atoms with Crippen LogP contribution in [0.15, 0.2) is 24.3 Å². The van der Waals surface area contributed by atoms with Crippen molar-refractivity contribution in [3.05, 3.63) is 29.8 Å². The first-order valence-corrected chi connectivity index (χ1v) is 6.93. The van der Waals surface area contributed by atoms with Crippen LogP contribution in [0, 0.1) is 5.92 Å². The molecule has 2 N–H and O–H groups in total. The van der Waals surface area contributed by atoms with Crippen LogP contribution in [0.2, 0.25) is 0 Å². The quantitative estimate of drug-likeness (QED) is 0.840. The first-order valence-electron chi connectivity index (χ1n) is 6.93. The van der Waals surface area contributed by atoms with Crippen molar-refractivity contribution in [1.29, 1.82) is 0 Å². The number of likely N-dealkylation sites (N-methyl/N-ethyl adjacent to an activating group) is 1. The maximum Gasteiger partial charge on any atom is 0.416 e. The van der Waals surface area contributed by atoms with Crippen LogP contribution in [-0.2, 0) is 15.8 Å². The lowest BCUT2D eigenvalue weighted by Crippen LogP contribution is -2.42. The molecule has 1 aromatic rings. The van der Waals surface area contributed by atoms with Crippen molar-refractivity contribution in [2.24, 2.45) is 5.92 Å². The predicted octanol–water partition coefficient (Wildman–Crippen LogP) is 2.68. The van der Waals surface area contributed by atoms with Crippen molar-refractivity contribution < 1.29 is 27.9 Å². The van der Waals surface area contributed by atoms with Crippen LogP contribution in [0.25, 0.3) is 0 Å². The molecular weight excluding hydrogens is 313 g/mol. The number of hydrogen-bond acceptors (Lipinski definition) is 3. The van der Waals surface area contributed by atoms with Crippen molar-refractivity contribution >= 4 is 17.6 Å². The SMILES string of the molecule is CC(CN(C)C(C)C(=O)Nc1cccc(C(F)(F)F)c1)C(=O)O. The number of amides is 1. The van der Waals surface area contributed by atoms with Gasteiger partial charge in [0.25, 0.3) is 0 Å². The molecule has 0 bridgehead atoms. The van der Waals surface area contributed by atoms with Gasteiger partial charge in [0, 0.05) is 12.2 Å². The molecule has 128 valence electrons. The van der Waals surface area contributed by atoms with Crippen molar-refractivity contribution in [3.63, 3.8) is 0 Å². The molecule has 0 aliphatic heterocycles. The summed E-state index contributed by atoms with van der Waals surface area (Å²) in [6.45, 7) is 3.21. The Morgan fingerprint density at radius 2 is 1.91 bits per heavy atom. The van der Waals surface area contributed by atoms with Crippen molar-refractivity contribution in [1.82, 2.24) is 4.90 Å². The van der Waals surface area contributed by atoms with Crippen LogP contribution in [0.5, 0.6) is 0 Å². The number of benzene rings is 1. The molecular formula is C15H19F3N2O3. The summed E-state index contributed by atoms with van der Waals surface area (Å²) < 4.78 is 37.9. The van der Waals surface area contributed by atoms with Gasteiger partial charge in [0.2, 0.25) is 5.91 Å². The van der Waals surface area contributed by atoms with Crippen LogP contribution in [-0.4, -0.2) is 41.5 Å². The van der Waals surface area contributed by atoms with E-state index in [2.05, 4.69) is 5.32 Å². The molecule has 2 unspecified atom stereocenters. The van der Waals surface area contributed by atoms with Gasteiger partial charge in [-0.05, 0) is 32.2 Å². The van der Waals surface area contributed by atoms with Gasteiger partial charge in [0.15, 0.2) is 0 Å². The summed E-state index contributed by atoms with van der Waals surface area (Å²) in [5, 5.41) is 11.3. The topological polar surface area (TPSA) is 69.6 Å². The molecule has 0 radical (unpaired) electrons. The number of rotatable bonds is 6. The Balaban J connectivity index is 2.74. The maximum atomic E-state index is 12.6. The van der Waals surface area contributed by atoms with Gasteiger partial charge in [-0.2, -0.15) is 13.2 Å². The number of halogens is 3. The maximum absolute atomic E-state index is 12.6. The minimum absolute atomic E-state index is 0.0383. The van der Waals surface area contributed by atoms with E-state index in [4.69, 9.17) is 5.11 Å². The van der Waals surface area contributed by atoms with E-state index in [1.807, 2.05) is 0 Å². The molecule has 8 heteroatoms. The average molecular weight is 332 g/mol. The fourth-order valence-electron chi connectivity index (χ4n) is 1.89. The number of nitrogens with one attached hydrogen (secondary N) is 1. The second-order valence-corrected chi connectivity index (χ2v) is 5.42. The summed E-state index contributed by atoms with van der Waals surface area (Å²) in [6.07, 6.45) is -4.49. The van der Waals surface area contributed by atoms with Gasteiger partial charge in [-0.3, -0.25) is 14.5 Å². The Morgan fingerprint density at radius 1 is 1.30 bits per heavy atom. The molecule has 1 aromatic carbocycles. The highest BCUT2D eigenvalue weighted by Crippen LogP contribution is 2.30. The first kappa shape index (κ1) is 19.0. The normalized spacial score (nSPS) is 14.4. The van der Waals surface area contributed by atoms with Gasteiger partial charge < -0.3 is 10.4 Å². The zero-order chi connectivity index (χ0) is 17.8. The van der Waals surface area contributed by atoms with E-state index in [1.54, 1.807) is 14.0 Å². The molecule has 0 heterocycles. The average Bonchev–Trinajstić information content (AvgIpc) is 2.45. The summed E-state index contributed by atoms with van der Waals surface area (Å²) in [5.74, 6) is -2.16. The molecule has 1 rings (SSSR count). The molecule has 0 spiro atoms. The van der Waals surface area contributed by atoms with E-state index in [-0.39, 0.29) is 12.2 Å². The molecule has 0 aromatic heterocycles. The summed E-state index contributed by atoms with van der Waals surface area (Å²) >= 11 is 0. The van der Waals surface area contributed by atoms with Crippen molar-refractivity contribution in [2.75, 3.05) is 18.9 Å². The highest BCUT2D eigenvalue weighted by Gasteiger charge is 2.30. The largest absolute Gasteiger partial charge is 0.481 e.